The first-order chi connectivity index (χ1) is 9.24. The van der Waals surface area contributed by atoms with Gasteiger partial charge in [0.25, 0.3) is 0 Å². The smallest absolute Gasteiger partial charge is 0.243 e. The molecule has 0 aliphatic heterocycles. The largest absolute Gasteiger partial charge is 0.696 e. The molecule has 0 aliphatic carbocycles. The molecule has 1 rings (SSSR count). The van der Waals surface area contributed by atoms with Crippen molar-refractivity contribution in [3.05, 3.63) is 18.7 Å². The van der Waals surface area contributed by atoms with E-state index in [1.807, 2.05) is 0 Å². The highest BCUT2D eigenvalue weighted by molar-refractivity contribution is 7.64. The van der Waals surface area contributed by atoms with Crippen molar-refractivity contribution in [2.24, 2.45) is 7.05 Å². The van der Waals surface area contributed by atoms with Crippen LogP contribution in [-0.2, 0) is 26.2 Å². The van der Waals surface area contributed by atoms with E-state index in [4.69, 9.17) is 5.26 Å². The van der Waals surface area contributed by atoms with E-state index in [9.17, 15) is 0 Å². The van der Waals surface area contributed by atoms with Crippen LogP contribution in [-0.4, -0.2) is 4.57 Å². The van der Waals surface area contributed by atoms with Crippen molar-refractivity contribution < 1.29 is 4.57 Å². The Labute approximate surface area is 123 Å². The monoisotopic (exact) mass is 281 g/mol. The van der Waals surface area contributed by atoms with Gasteiger partial charge in [0, 0.05) is 0 Å². The Morgan fingerprint density at radius 1 is 1.11 bits per heavy atom. The van der Waals surface area contributed by atoms with E-state index in [1.54, 1.807) is 0 Å². The third-order valence-electron chi connectivity index (χ3n) is 3.09. The second-order valence-corrected chi connectivity index (χ2v) is 5.07. The van der Waals surface area contributed by atoms with Crippen molar-refractivity contribution >= 4 is 12.6 Å². The van der Waals surface area contributed by atoms with Crippen LogP contribution >= 0.6 is 0 Å². The SMILES string of the molecule is CCCCCCCCCC[n+]1ccn(C)c1.N#C[S-]. The minimum atomic E-state index is 1.18. The number of aromatic nitrogens is 2. The Hall–Kier alpha value is -1.08. The predicted molar refractivity (Wildman–Crippen MR) is 81.2 cm³/mol. The lowest BCUT2D eigenvalue weighted by atomic mass is 10.1. The van der Waals surface area contributed by atoms with Gasteiger partial charge in [0.1, 0.15) is 12.4 Å². The number of unbranched alkanes of at least 4 members (excludes halogenated alkanes) is 7. The molecule has 0 fully saturated rings. The fourth-order valence-corrected chi connectivity index (χ4v) is 2.06. The van der Waals surface area contributed by atoms with Crippen LogP contribution in [0.25, 0.3) is 0 Å². The molecule has 0 aromatic carbocycles. The number of aryl methyl sites for hydroxylation is 2. The molecule has 1 aromatic rings. The maximum Gasteiger partial charge on any atom is 0.243 e. The van der Waals surface area contributed by atoms with E-state index in [-0.39, 0.29) is 0 Å². The van der Waals surface area contributed by atoms with Crippen LogP contribution in [0.2, 0.25) is 0 Å². The predicted octanol–water partition coefficient (Wildman–Crippen LogP) is 3.47. The van der Waals surface area contributed by atoms with Crippen molar-refractivity contribution in [1.82, 2.24) is 4.57 Å². The maximum atomic E-state index is 7.13. The highest BCUT2D eigenvalue weighted by Gasteiger charge is 1.98. The van der Waals surface area contributed by atoms with Gasteiger partial charge in [-0.3, -0.25) is 0 Å². The number of thiocyanates is 1. The molecule has 19 heavy (non-hydrogen) atoms. The molecular weight excluding hydrogens is 254 g/mol. The summed E-state index contributed by atoms with van der Waals surface area (Å²) in [6.07, 6.45) is 17.6. The lowest BCUT2D eigenvalue weighted by Gasteiger charge is -2.00. The summed E-state index contributed by atoms with van der Waals surface area (Å²) in [7, 11) is 2.07. The van der Waals surface area contributed by atoms with Crippen LogP contribution in [0.3, 0.4) is 0 Å². The van der Waals surface area contributed by atoms with Gasteiger partial charge in [-0.15, -0.1) is 0 Å². The molecule has 3 nitrogen and oxygen atoms in total. The molecule has 108 valence electrons. The Morgan fingerprint density at radius 3 is 2.11 bits per heavy atom. The van der Waals surface area contributed by atoms with Gasteiger partial charge in [0.15, 0.2) is 0 Å². The molecule has 4 heteroatoms. The molecular formula is C15H27N3S. The van der Waals surface area contributed by atoms with Crippen molar-refractivity contribution in [3.8, 4) is 5.40 Å². The Kier molecular flexibility index (Phi) is 12.6. The van der Waals surface area contributed by atoms with Crippen LogP contribution in [0.4, 0.5) is 0 Å². The topological polar surface area (TPSA) is 32.6 Å². The zero-order valence-corrected chi connectivity index (χ0v) is 13.2. The quantitative estimate of drug-likeness (QED) is 0.300. The van der Waals surface area contributed by atoms with Gasteiger partial charge in [-0.25, -0.2) is 14.4 Å². The van der Waals surface area contributed by atoms with Gasteiger partial charge < -0.3 is 12.6 Å². The van der Waals surface area contributed by atoms with Gasteiger partial charge in [0.2, 0.25) is 6.33 Å². The first-order valence-electron chi connectivity index (χ1n) is 7.26. The molecule has 0 amide bonds. The first-order valence-corrected chi connectivity index (χ1v) is 7.67. The van der Waals surface area contributed by atoms with Crippen molar-refractivity contribution in [3.63, 3.8) is 0 Å². The van der Waals surface area contributed by atoms with E-state index in [0.29, 0.717) is 0 Å². The van der Waals surface area contributed by atoms with Crippen molar-refractivity contribution in [1.29, 1.82) is 5.26 Å². The molecule has 0 radical (unpaired) electrons. The fourth-order valence-electron chi connectivity index (χ4n) is 2.06. The lowest BCUT2D eigenvalue weighted by molar-refractivity contribution is -0.696. The van der Waals surface area contributed by atoms with Gasteiger partial charge in [-0.05, 0) is 12.8 Å². The third kappa shape index (κ3) is 11.7. The number of nitrogens with zero attached hydrogens (tertiary/aromatic N) is 3. The zero-order chi connectivity index (χ0) is 14.3. The summed E-state index contributed by atoms with van der Waals surface area (Å²) in [5, 5.41) is 8.47. The average molecular weight is 281 g/mol. The molecule has 0 unspecified atom stereocenters. The second-order valence-electron chi connectivity index (χ2n) is 4.88. The Morgan fingerprint density at radius 2 is 1.63 bits per heavy atom. The number of nitriles is 1. The molecule has 0 aliphatic rings. The summed E-state index contributed by atoms with van der Waals surface area (Å²) in [4.78, 5) is 0. The lowest BCUT2D eigenvalue weighted by Crippen LogP contribution is -2.30. The minimum absolute atomic E-state index is 1.18. The number of rotatable bonds is 9. The Balaban J connectivity index is 0.000000982. The number of hydrogen-bond acceptors (Lipinski definition) is 2. The van der Waals surface area contributed by atoms with E-state index in [1.165, 1.54) is 63.3 Å². The maximum absolute atomic E-state index is 7.13. The van der Waals surface area contributed by atoms with Gasteiger partial charge in [-0.1, -0.05) is 50.8 Å². The molecule has 0 bridgehead atoms. The molecule has 0 spiro atoms. The van der Waals surface area contributed by atoms with Crippen LogP contribution in [0.1, 0.15) is 58.3 Å². The van der Waals surface area contributed by atoms with E-state index in [2.05, 4.69) is 54.5 Å². The minimum Gasteiger partial charge on any atom is -0.696 e. The third-order valence-corrected chi connectivity index (χ3v) is 3.09. The molecule has 1 heterocycles. The first kappa shape index (κ1) is 17.9. The van der Waals surface area contributed by atoms with E-state index < -0.39 is 0 Å². The Bertz CT molecular complexity index is 341. The van der Waals surface area contributed by atoms with E-state index in [0.717, 1.165) is 0 Å². The average Bonchev–Trinajstić information content (AvgIpc) is 2.79. The summed E-state index contributed by atoms with van der Waals surface area (Å²) >= 11 is 3.70. The normalized spacial score (nSPS) is 9.53. The summed E-state index contributed by atoms with van der Waals surface area (Å²) < 4.78 is 4.38. The molecule has 1 aromatic heterocycles. The fraction of sp³-hybridized carbons (Fsp3) is 0.733. The van der Waals surface area contributed by atoms with Gasteiger partial charge in [-0.2, -0.15) is 0 Å². The number of hydrogen-bond donors (Lipinski definition) is 0. The second kappa shape index (κ2) is 13.4. The standard InChI is InChI=1S/C14H27N2.CHNS/c1-3-4-5-6-7-8-9-10-11-16-13-12-15(2)14-16;2-1-3/h12-14H,3-11H2,1-2H3;3H/q+1;/p-1. The zero-order valence-electron chi connectivity index (χ0n) is 12.3. The van der Waals surface area contributed by atoms with Crippen LogP contribution < -0.4 is 4.57 Å². The molecule has 0 atom stereocenters. The van der Waals surface area contributed by atoms with Crippen LogP contribution in [0, 0.1) is 10.7 Å². The van der Waals surface area contributed by atoms with Crippen LogP contribution in [0.15, 0.2) is 18.7 Å². The summed E-state index contributed by atoms with van der Waals surface area (Å²) in [6, 6.07) is 0. The van der Waals surface area contributed by atoms with Gasteiger partial charge in [0.05, 0.1) is 13.6 Å². The molecule has 0 saturated heterocycles. The summed E-state index contributed by atoms with van der Waals surface area (Å²) in [5.41, 5.74) is 0. The van der Waals surface area contributed by atoms with Crippen molar-refractivity contribution in [2.75, 3.05) is 0 Å². The molecule has 0 N–H and O–H groups in total. The highest BCUT2D eigenvalue weighted by Crippen LogP contribution is 2.08. The van der Waals surface area contributed by atoms with Gasteiger partial charge >= 0.3 is 0 Å². The van der Waals surface area contributed by atoms with Crippen molar-refractivity contribution in [2.45, 2.75) is 64.8 Å². The number of imidazole rings is 1. The molecule has 0 saturated carbocycles. The van der Waals surface area contributed by atoms with Crippen LogP contribution in [0.5, 0.6) is 0 Å². The van der Waals surface area contributed by atoms with E-state index >= 15 is 0 Å². The summed E-state index contributed by atoms with van der Waals surface area (Å²) in [5.74, 6) is 0. The summed E-state index contributed by atoms with van der Waals surface area (Å²) in [6.45, 7) is 3.45. The highest BCUT2D eigenvalue weighted by atomic mass is 32.1.